The molecule has 1 heterocycles. The summed E-state index contributed by atoms with van der Waals surface area (Å²) in [6.07, 6.45) is 4.69. The van der Waals surface area contributed by atoms with Gasteiger partial charge in [-0.25, -0.2) is 0 Å². The van der Waals surface area contributed by atoms with Crippen LogP contribution >= 0.6 is 0 Å². The summed E-state index contributed by atoms with van der Waals surface area (Å²) in [6, 6.07) is 5.11. The lowest BCUT2D eigenvalue weighted by atomic mass is 10.2. The molecule has 3 nitrogen and oxygen atoms in total. The van der Waals surface area contributed by atoms with E-state index in [-0.39, 0.29) is 0 Å². The van der Waals surface area contributed by atoms with E-state index in [4.69, 9.17) is 0 Å². The molecule has 0 spiro atoms. The van der Waals surface area contributed by atoms with E-state index in [9.17, 15) is 0 Å². The van der Waals surface area contributed by atoms with Crippen molar-refractivity contribution in [3.05, 3.63) is 29.6 Å². The fraction of sp³-hybridized carbons (Fsp3) is 0.667. The van der Waals surface area contributed by atoms with Gasteiger partial charge in [-0.15, -0.1) is 0 Å². The van der Waals surface area contributed by atoms with Gasteiger partial charge in [0.25, 0.3) is 0 Å². The van der Waals surface area contributed by atoms with Crippen molar-refractivity contribution in [1.29, 1.82) is 0 Å². The molecule has 0 atom stereocenters. The third kappa shape index (κ3) is 4.75. The normalized spacial score (nSPS) is 15.6. The average molecular weight is 247 g/mol. The van der Waals surface area contributed by atoms with Crippen LogP contribution in [0.1, 0.15) is 37.9 Å². The maximum absolute atomic E-state index is 4.54. The zero-order valence-corrected chi connectivity index (χ0v) is 11.8. The zero-order valence-electron chi connectivity index (χ0n) is 11.8. The van der Waals surface area contributed by atoms with Gasteiger partial charge in [-0.05, 0) is 37.4 Å². The Bertz CT molecular complexity index is 355. The molecule has 0 bridgehead atoms. The van der Waals surface area contributed by atoms with Crippen LogP contribution in [-0.2, 0) is 13.1 Å². The first-order valence-electron chi connectivity index (χ1n) is 6.99. The summed E-state index contributed by atoms with van der Waals surface area (Å²) in [7, 11) is 2.16. The van der Waals surface area contributed by atoms with Gasteiger partial charge < -0.3 is 10.2 Å². The van der Waals surface area contributed by atoms with Crippen LogP contribution in [-0.4, -0.2) is 29.5 Å². The molecule has 100 valence electrons. The van der Waals surface area contributed by atoms with Gasteiger partial charge in [0, 0.05) is 31.9 Å². The molecular weight excluding hydrogens is 222 g/mol. The summed E-state index contributed by atoms with van der Waals surface area (Å²) in [5.74, 6) is 0.706. The van der Waals surface area contributed by atoms with Gasteiger partial charge in [0.05, 0.1) is 5.69 Å². The molecule has 0 radical (unpaired) electrons. The Labute approximate surface area is 111 Å². The minimum absolute atomic E-state index is 0.706. The third-order valence-electron chi connectivity index (χ3n) is 3.17. The van der Waals surface area contributed by atoms with Crippen LogP contribution < -0.4 is 5.32 Å². The van der Waals surface area contributed by atoms with E-state index in [1.165, 1.54) is 18.4 Å². The number of aromatic nitrogens is 1. The van der Waals surface area contributed by atoms with Crippen LogP contribution in [0.4, 0.5) is 0 Å². The third-order valence-corrected chi connectivity index (χ3v) is 3.17. The van der Waals surface area contributed by atoms with Gasteiger partial charge in [0.1, 0.15) is 0 Å². The summed E-state index contributed by atoms with van der Waals surface area (Å²) >= 11 is 0. The second-order valence-corrected chi connectivity index (χ2v) is 5.90. The summed E-state index contributed by atoms with van der Waals surface area (Å²) in [5, 5.41) is 3.51. The van der Waals surface area contributed by atoms with Crippen molar-refractivity contribution in [2.24, 2.45) is 5.92 Å². The van der Waals surface area contributed by atoms with Crippen LogP contribution in [0.25, 0.3) is 0 Å². The average Bonchev–Trinajstić information content (AvgIpc) is 3.11. The van der Waals surface area contributed by atoms with Crippen LogP contribution in [0.5, 0.6) is 0 Å². The van der Waals surface area contributed by atoms with Crippen LogP contribution in [0.3, 0.4) is 0 Å². The Morgan fingerprint density at radius 1 is 1.39 bits per heavy atom. The Balaban J connectivity index is 1.78. The molecule has 0 saturated heterocycles. The van der Waals surface area contributed by atoms with Gasteiger partial charge in [0.15, 0.2) is 0 Å². The number of pyridine rings is 1. The van der Waals surface area contributed by atoms with Crippen LogP contribution in [0, 0.1) is 5.92 Å². The predicted octanol–water partition coefficient (Wildman–Crippen LogP) is 2.42. The number of hydrogen-bond donors (Lipinski definition) is 1. The van der Waals surface area contributed by atoms with Gasteiger partial charge in [-0.1, -0.05) is 19.9 Å². The highest BCUT2D eigenvalue weighted by Crippen LogP contribution is 2.19. The number of hydrogen-bond acceptors (Lipinski definition) is 3. The molecular formula is C15H25N3. The second-order valence-electron chi connectivity index (χ2n) is 5.90. The Kier molecular flexibility index (Phi) is 4.72. The molecule has 1 fully saturated rings. The Morgan fingerprint density at radius 2 is 2.17 bits per heavy atom. The quantitative estimate of drug-likeness (QED) is 0.802. The zero-order chi connectivity index (χ0) is 13.0. The van der Waals surface area contributed by atoms with Crippen molar-refractivity contribution in [1.82, 2.24) is 15.2 Å². The van der Waals surface area contributed by atoms with Crippen molar-refractivity contribution in [3.63, 3.8) is 0 Å². The minimum Gasteiger partial charge on any atom is -0.310 e. The molecule has 0 aliphatic heterocycles. The summed E-state index contributed by atoms with van der Waals surface area (Å²) in [5.41, 5.74) is 2.45. The lowest BCUT2D eigenvalue weighted by molar-refractivity contribution is 0.285. The summed E-state index contributed by atoms with van der Waals surface area (Å²) in [6.45, 7) is 7.51. The smallest absolute Gasteiger partial charge is 0.0544 e. The molecule has 0 aromatic carbocycles. The maximum atomic E-state index is 4.54. The van der Waals surface area contributed by atoms with E-state index >= 15 is 0 Å². The fourth-order valence-corrected chi connectivity index (χ4v) is 2.17. The van der Waals surface area contributed by atoms with Gasteiger partial charge in [-0.2, -0.15) is 0 Å². The van der Waals surface area contributed by atoms with E-state index < -0.39 is 0 Å². The first kappa shape index (κ1) is 13.5. The lowest BCUT2D eigenvalue weighted by Gasteiger charge is -2.18. The highest BCUT2D eigenvalue weighted by Gasteiger charge is 2.19. The Morgan fingerprint density at radius 3 is 2.72 bits per heavy atom. The van der Waals surface area contributed by atoms with Crippen molar-refractivity contribution in [2.45, 2.75) is 45.8 Å². The lowest BCUT2D eigenvalue weighted by Crippen LogP contribution is -2.23. The molecule has 1 aliphatic carbocycles. The largest absolute Gasteiger partial charge is 0.310 e. The SMILES string of the molecule is CC(C)CN(C)Cc1ccc(CNC2CC2)cn1. The van der Waals surface area contributed by atoms with E-state index in [0.29, 0.717) is 5.92 Å². The van der Waals surface area contributed by atoms with Gasteiger partial charge in [-0.3, -0.25) is 4.98 Å². The monoisotopic (exact) mass is 247 g/mol. The van der Waals surface area contributed by atoms with Crippen LogP contribution in [0.2, 0.25) is 0 Å². The van der Waals surface area contributed by atoms with E-state index in [1.807, 2.05) is 6.20 Å². The van der Waals surface area contributed by atoms with Gasteiger partial charge in [0.2, 0.25) is 0 Å². The van der Waals surface area contributed by atoms with E-state index in [2.05, 4.69) is 48.2 Å². The molecule has 1 saturated carbocycles. The fourth-order valence-electron chi connectivity index (χ4n) is 2.17. The molecule has 1 aliphatic rings. The molecule has 1 aromatic heterocycles. The summed E-state index contributed by atoms with van der Waals surface area (Å²) < 4.78 is 0. The molecule has 1 aromatic rings. The molecule has 1 N–H and O–H groups in total. The van der Waals surface area contributed by atoms with Crippen molar-refractivity contribution in [3.8, 4) is 0 Å². The highest BCUT2D eigenvalue weighted by atomic mass is 15.1. The van der Waals surface area contributed by atoms with Crippen molar-refractivity contribution in [2.75, 3.05) is 13.6 Å². The molecule has 0 unspecified atom stereocenters. The number of nitrogens with zero attached hydrogens (tertiary/aromatic N) is 2. The van der Waals surface area contributed by atoms with E-state index in [1.54, 1.807) is 0 Å². The highest BCUT2D eigenvalue weighted by molar-refractivity contribution is 5.14. The maximum Gasteiger partial charge on any atom is 0.0544 e. The minimum atomic E-state index is 0.706. The molecule has 0 amide bonds. The topological polar surface area (TPSA) is 28.2 Å². The standard InChI is InChI=1S/C15H25N3/c1-12(2)10-18(3)11-15-5-4-13(9-17-15)8-16-14-6-7-14/h4-5,9,12,14,16H,6-8,10-11H2,1-3H3. The predicted molar refractivity (Wildman–Crippen MR) is 75.3 cm³/mol. The number of nitrogens with one attached hydrogen (secondary N) is 1. The van der Waals surface area contributed by atoms with Crippen molar-refractivity contribution < 1.29 is 0 Å². The van der Waals surface area contributed by atoms with E-state index in [0.717, 1.165) is 31.4 Å². The first-order chi connectivity index (χ1) is 8.63. The second kappa shape index (κ2) is 6.30. The first-order valence-corrected chi connectivity index (χ1v) is 6.99. The molecule has 2 rings (SSSR count). The summed E-state index contributed by atoms with van der Waals surface area (Å²) in [4.78, 5) is 6.87. The number of rotatable bonds is 7. The molecule has 18 heavy (non-hydrogen) atoms. The Hall–Kier alpha value is -0.930. The molecule has 3 heteroatoms. The van der Waals surface area contributed by atoms with Crippen molar-refractivity contribution >= 4 is 0 Å². The van der Waals surface area contributed by atoms with Crippen LogP contribution in [0.15, 0.2) is 18.3 Å². The van der Waals surface area contributed by atoms with Gasteiger partial charge >= 0.3 is 0 Å².